The number of rotatable bonds is 24. The van der Waals surface area contributed by atoms with E-state index in [1.54, 1.807) is 87.6 Å². The van der Waals surface area contributed by atoms with E-state index in [1.165, 1.54) is 13.8 Å². The van der Waals surface area contributed by atoms with Gasteiger partial charge in [0.05, 0.1) is 44.5 Å². The number of carbonyl (C=O) groups excluding carboxylic acids is 8. The molecule has 28 nitrogen and oxygen atoms in total. The summed E-state index contributed by atoms with van der Waals surface area (Å²) in [6.45, 7) is 2.52. The molecule has 16 N–H and O–H groups in total. The normalized spacial score (nSPS) is 22.3. The van der Waals surface area contributed by atoms with Gasteiger partial charge in [0.1, 0.15) is 42.3 Å². The third kappa shape index (κ3) is 23.8. The lowest BCUT2D eigenvalue weighted by Gasteiger charge is -2.29. The third-order valence-electron chi connectivity index (χ3n) is 15.4. The standard InChI is InChI=1S/C61H85N13O15S2/c1-37(76)48(34-75)68-60(88)50-36-91-90-35-49(69-56(84)45(27-39-13-5-3-6-14-39)64-51(78)31-72-21-23-73(32-52(79)80)25-26-74(24-22-72)33-53(81)82)59(87)66-46(28-40-15-7-4-8-16-40)57(85)67-47(29-41-30-63-43-18-10-9-17-42(41)43)58(86)65-44(19-11-12-20-62)55(83)71-54(38(2)77)61(89)70-50/h3-10,13-18,30,37-38,44-50,54,63,75-77H,11-12,19-29,31-36,62H2,1-2H3,(H,64,78)(H,65,86)(H,66,87)(H,67,85)(H,68,88)(H,69,84)(H,70,89)(H,71,83)(H,79,80)(H,81,82)/t37-,38+,44+,45-,46+,47-,48+,49+,50+,54+/m1/s1. The Hall–Kier alpha value is -7.68. The molecule has 0 spiro atoms. The quantitative estimate of drug-likeness (QED) is 0.0253. The smallest absolute Gasteiger partial charge is 0.317 e. The van der Waals surface area contributed by atoms with E-state index < -0.39 is 126 Å². The first-order valence-electron chi connectivity index (χ1n) is 30.2. The molecule has 3 heterocycles. The van der Waals surface area contributed by atoms with Gasteiger partial charge in [-0.15, -0.1) is 0 Å². The molecule has 8 amide bonds. The largest absolute Gasteiger partial charge is 0.480 e. The molecule has 2 aliphatic heterocycles. The number of H-pyrrole nitrogens is 1. The van der Waals surface area contributed by atoms with Gasteiger partial charge in [-0.3, -0.25) is 62.6 Å². The van der Waals surface area contributed by atoms with E-state index in [9.17, 15) is 63.9 Å². The predicted molar refractivity (Wildman–Crippen MR) is 341 cm³/mol. The van der Waals surface area contributed by atoms with Crippen LogP contribution in [-0.2, 0) is 67.2 Å². The number of aromatic nitrogens is 1. The van der Waals surface area contributed by atoms with Crippen LogP contribution in [0.5, 0.6) is 0 Å². The number of carboxylic acids is 2. The highest BCUT2D eigenvalue weighted by atomic mass is 33.1. The number of hydrogen-bond donors (Lipinski definition) is 15. The number of carbonyl (C=O) groups is 10. The van der Waals surface area contributed by atoms with E-state index in [2.05, 4.69) is 47.5 Å². The van der Waals surface area contributed by atoms with E-state index in [-0.39, 0.29) is 103 Å². The van der Waals surface area contributed by atoms with Gasteiger partial charge in [0.2, 0.25) is 47.3 Å². The first-order chi connectivity index (χ1) is 43.6. The van der Waals surface area contributed by atoms with Gasteiger partial charge in [-0.2, -0.15) is 0 Å². The molecule has 0 saturated carbocycles. The van der Waals surface area contributed by atoms with Gasteiger partial charge in [-0.25, -0.2) is 0 Å². The lowest BCUT2D eigenvalue weighted by molar-refractivity contribution is -0.140. The molecule has 496 valence electrons. The molecule has 30 heteroatoms. The molecule has 4 aromatic rings. The van der Waals surface area contributed by atoms with Gasteiger partial charge < -0.3 is 78.8 Å². The van der Waals surface area contributed by atoms with E-state index in [1.807, 2.05) is 18.2 Å². The molecule has 0 bridgehead atoms. The lowest BCUT2D eigenvalue weighted by atomic mass is 10.0. The Morgan fingerprint density at radius 1 is 0.626 bits per heavy atom. The van der Waals surface area contributed by atoms with Crippen LogP contribution in [0.2, 0.25) is 0 Å². The number of aromatic amines is 1. The highest BCUT2D eigenvalue weighted by Gasteiger charge is 2.37. The molecule has 91 heavy (non-hydrogen) atoms. The van der Waals surface area contributed by atoms with E-state index in [0.717, 1.165) is 32.5 Å². The summed E-state index contributed by atoms with van der Waals surface area (Å²) in [4.78, 5) is 149. The van der Waals surface area contributed by atoms with Gasteiger partial charge in [-0.1, -0.05) is 100 Å². The zero-order chi connectivity index (χ0) is 66.0. The van der Waals surface area contributed by atoms with Crippen LogP contribution in [0.4, 0.5) is 0 Å². The Labute approximate surface area is 535 Å². The zero-order valence-corrected chi connectivity index (χ0v) is 52.6. The number of unbranched alkanes of at least 4 members (excludes halogenated alkanes) is 1. The van der Waals surface area contributed by atoms with Gasteiger partial charge in [0.25, 0.3) is 0 Å². The summed E-state index contributed by atoms with van der Waals surface area (Å²) < 4.78 is 0. The first-order valence-corrected chi connectivity index (χ1v) is 32.7. The summed E-state index contributed by atoms with van der Waals surface area (Å²) >= 11 is 0. The minimum absolute atomic E-state index is 0.0182. The highest BCUT2D eigenvalue weighted by Crippen LogP contribution is 2.25. The second-order valence-corrected chi connectivity index (χ2v) is 25.2. The van der Waals surface area contributed by atoms with Crippen molar-refractivity contribution in [2.45, 2.75) is 113 Å². The second kappa shape index (κ2) is 37.0. The number of fused-ring (bicyclic) bond motifs is 1. The fraction of sp³-hybridized carbons (Fsp3) is 0.508. The molecule has 3 aromatic carbocycles. The van der Waals surface area contributed by atoms with Crippen molar-refractivity contribution in [3.8, 4) is 0 Å². The summed E-state index contributed by atoms with van der Waals surface area (Å²) in [6.07, 6.45) is -0.864. The maximum Gasteiger partial charge on any atom is 0.317 e. The lowest BCUT2D eigenvalue weighted by Crippen LogP contribution is -2.62. The highest BCUT2D eigenvalue weighted by molar-refractivity contribution is 8.76. The molecule has 2 fully saturated rings. The van der Waals surface area contributed by atoms with Crippen molar-refractivity contribution in [3.63, 3.8) is 0 Å². The van der Waals surface area contributed by atoms with Gasteiger partial charge in [-0.05, 0) is 62.4 Å². The van der Waals surface area contributed by atoms with Crippen LogP contribution in [0.15, 0.2) is 91.1 Å². The number of aliphatic hydroxyl groups is 3. The monoisotopic (exact) mass is 1300 g/mol. The minimum Gasteiger partial charge on any atom is -0.480 e. The van der Waals surface area contributed by atoms with Crippen LogP contribution in [0, 0.1) is 0 Å². The van der Waals surface area contributed by atoms with Crippen molar-refractivity contribution in [2.24, 2.45) is 5.73 Å². The minimum atomic E-state index is -1.74. The summed E-state index contributed by atoms with van der Waals surface area (Å²) in [7, 11) is 1.90. The number of para-hydroxylation sites is 1. The summed E-state index contributed by atoms with van der Waals surface area (Å²) in [5.41, 5.74) is 8.35. The zero-order valence-electron chi connectivity index (χ0n) is 50.9. The maximum atomic E-state index is 15.2. The van der Waals surface area contributed by atoms with Crippen molar-refractivity contribution < 1.29 is 73.5 Å². The summed E-state index contributed by atoms with van der Waals surface area (Å²) in [6, 6.07) is 12.9. The van der Waals surface area contributed by atoms with Crippen molar-refractivity contribution >= 4 is 91.7 Å². The topological polar surface area (TPSA) is 420 Å². The van der Waals surface area contributed by atoms with E-state index >= 15 is 9.59 Å². The van der Waals surface area contributed by atoms with Crippen LogP contribution in [0.1, 0.15) is 49.8 Å². The average molecular weight is 1300 g/mol. The molecule has 1 aromatic heterocycles. The molecule has 0 aliphatic carbocycles. The molecule has 2 aliphatic rings. The van der Waals surface area contributed by atoms with Crippen molar-refractivity contribution in [1.82, 2.24) is 62.2 Å². The van der Waals surface area contributed by atoms with Crippen LogP contribution in [0.3, 0.4) is 0 Å². The Balaban J connectivity index is 1.39. The first kappa shape index (κ1) is 72.4. The SMILES string of the molecule is C[C@H](O)[C@@H]1NC(=O)[C@H](CCCCN)NC(=O)[C@@H](Cc2c[nH]c3ccccc23)NC(=O)[C@H](Cc2ccccc2)NC(=O)[C@@H](NC(=O)[C@@H](Cc2ccccc2)NC(=O)CN2CCN(CC(=O)O)CCN(CC(=O)O)CC2)CSSC[C@@H](C(=O)N[C@@H](CO)[C@@H](C)O)NC1=O. The van der Waals surface area contributed by atoms with Crippen molar-refractivity contribution in [1.29, 1.82) is 0 Å². The van der Waals surface area contributed by atoms with Crippen LogP contribution < -0.4 is 48.3 Å². The van der Waals surface area contributed by atoms with Crippen molar-refractivity contribution in [2.75, 3.05) is 83.6 Å². The molecule has 2 saturated heterocycles. The average Bonchev–Trinajstić information content (AvgIpc) is 2.59. The number of benzene rings is 3. The Bertz CT molecular complexity index is 3050. The Kier molecular flexibility index (Phi) is 29.4. The number of carboxylic acid groups (broad SMARTS) is 2. The number of nitrogens with one attached hydrogen (secondary N) is 9. The van der Waals surface area contributed by atoms with E-state index in [0.29, 0.717) is 29.5 Å². The fourth-order valence-electron chi connectivity index (χ4n) is 10.3. The van der Waals surface area contributed by atoms with Crippen LogP contribution in [-0.4, -0.2) is 249 Å². The summed E-state index contributed by atoms with van der Waals surface area (Å²) in [5.74, 6) is -9.67. The number of nitrogens with zero attached hydrogens (tertiary/aromatic N) is 3. The van der Waals surface area contributed by atoms with Gasteiger partial charge in [0, 0.05) is 87.1 Å². The fourth-order valence-corrected chi connectivity index (χ4v) is 12.6. The number of nitrogens with two attached hydrogens (primary N) is 1. The summed E-state index contributed by atoms with van der Waals surface area (Å²) in [5, 5.41) is 73.0. The molecule has 0 radical (unpaired) electrons. The number of hydrogen-bond acceptors (Lipinski definition) is 19. The van der Waals surface area contributed by atoms with E-state index in [4.69, 9.17) is 5.73 Å². The van der Waals surface area contributed by atoms with Crippen molar-refractivity contribution in [3.05, 3.63) is 108 Å². The Morgan fingerprint density at radius 2 is 1.16 bits per heavy atom. The third-order valence-corrected chi connectivity index (χ3v) is 17.9. The number of aliphatic hydroxyl groups excluding tert-OH is 3. The molecular weight excluding hydrogens is 1220 g/mol. The molecule has 0 unspecified atom stereocenters. The van der Waals surface area contributed by atoms with Crippen LogP contribution >= 0.6 is 21.6 Å². The molecular formula is C61H85N13O15S2. The van der Waals surface area contributed by atoms with Gasteiger partial charge in [0.15, 0.2) is 0 Å². The Morgan fingerprint density at radius 3 is 1.75 bits per heavy atom. The number of aliphatic carboxylic acids is 2. The maximum absolute atomic E-state index is 15.2. The molecule has 6 rings (SSSR count). The predicted octanol–water partition coefficient (Wildman–Crippen LogP) is -2.56. The van der Waals surface area contributed by atoms with Crippen LogP contribution in [0.25, 0.3) is 10.9 Å². The number of amides is 8. The second-order valence-electron chi connectivity index (χ2n) is 22.6. The molecule has 10 atom stereocenters. The van der Waals surface area contributed by atoms with Gasteiger partial charge >= 0.3 is 11.9 Å².